The molecule has 0 saturated carbocycles. The van der Waals surface area contributed by atoms with Crippen molar-refractivity contribution < 1.29 is 41.4 Å². The predicted octanol–water partition coefficient (Wildman–Crippen LogP) is 4.72. The van der Waals surface area contributed by atoms with Gasteiger partial charge in [-0.1, -0.05) is 42.5 Å². The van der Waals surface area contributed by atoms with Crippen molar-refractivity contribution in [2.75, 3.05) is 26.2 Å². The molecule has 0 aliphatic carbocycles. The molecule has 2 saturated heterocycles. The van der Waals surface area contributed by atoms with Gasteiger partial charge in [0.05, 0.1) is 11.6 Å². The van der Waals surface area contributed by atoms with Gasteiger partial charge in [0.15, 0.2) is 6.61 Å². The van der Waals surface area contributed by atoms with Crippen molar-refractivity contribution in [2.45, 2.75) is 31.3 Å². The second kappa shape index (κ2) is 12.7. The number of hydrogen-bond acceptors (Lipinski definition) is 7. The molecule has 0 radical (unpaired) electrons. The molecule has 0 bridgehead atoms. The summed E-state index contributed by atoms with van der Waals surface area (Å²) in [5.41, 5.74) is 1.51. The maximum absolute atomic E-state index is 14.8. The fourth-order valence-electron chi connectivity index (χ4n) is 5.40. The maximum Gasteiger partial charge on any atom is 0.573 e. The first-order valence-electron chi connectivity index (χ1n) is 13.6. The van der Waals surface area contributed by atoms with Crippen molar-refractivity contribution in [1.82, 2.24) is 15.1 Å². The summed E-state index contributed by atoms with van der Waals surface area (Å²) < 4.78 is 63.5. The van der Waals surface area contributed by atoms with Gasteiger partial charge in [0.25, 0.3) is 5.91 Å². The largest absolute Gasteiger partial charge is 0.573 e. The van der Waals surface area contributed by atoms with Crippen LogP contribution < -0.4 is 10.1 Å². The van der Waals surface area contributed by atoms with Crippen molar-refractivity contribution in [1.29, 1.82) is 5.26 Å². The van der Waals surface area contributed by atoms with Gasteiger partial charge in [0.2, 0.25) is 5.91 Å². The number of carbonyl (C=O) groups is 3. The molecule has 2 atom stereocenters. The van der Waals surface area contributed by atoms with Crippen LogP contribution in [0.25, 0.3) is 11.1 Å². The van der Waals surface area contributed by atoms with E-state index < -0.39 is 49.0 Å². The molecule has 3 amide bonds. The molecule has 3 aromatic rings. The smallest absolute Gasteiger partial charge is 0.439 e. The SMILES string of the molecule is N#Cc1ccc(-c2ccc(OC(F)(F)F)c(CN[C@H]3CCN(C(=O)CN4C(=O)COC4=O)C[C@H]3c3ccccc3)c2)c(F)c1. The summed E-state index contributed by atoms with van der Waals surface area (Å²) in [4.78, 5) is 39.1. The minimum atomic E-state index is -4.96. The molecule has 2 aliphatic rings. The van der Waals surface area contributed by atoms with E-state index in [0.717, 1.165) is 22.6 Å². The summed E-state index contributed by atoms with van der Waals surface area (Å²) in [7, 11) is 0. The van der Waals surface area contributed by atoms with Crippen LogP contribution in [0.4, 0.5) is 22.4 Å². The van der Waals surface area contributed by atoms with E-state index in [-0.39, 0.29) is 48.3 Å². The first-order valence-corrected chi connectivity index (χ1v) is 13.6. The van der Waals surface area contributed by atoms with Gasteiger partial charge in [0.1, 0.15) is 18.1 Å². The van der Waals surface area contributed by atoms with Crippen LogP contribution in [0.15, 0.2) is 66.7 Å². The lowest BCUT2D eigenvalue weighted by atomic mass is 9.85. The Morgan fingerprint density at radius 3 is 2.52 bits per heavy atom. The lowest BCUT2D eigenvalue weighted by molar-refractivity contribution is -0.274. The molecule has 44 heavy (non-hydrogen) atoms. The first-order chi connectivity index (χ1) is 21.0. The second-order valence-corrected chi connectivity index (χ2v) is 10.3. The number of amides is 3. The van der Waals surface area contributed by atoms with E-state index in [9.17, 15) is 31.9 Å². The van der Waals surface area contributed by atoms with Crippen LogP contribution >= 0.6 is 0 Å². The van der Waals surface area contributed by atoms with Crippen molar-refractivity contribution >= 4 is 17.9 Å². The zero-order valence-corrected chi connectivity index (χ0v) is 23.1. The summed E-state index contributed by atoms with van der Waals surface area (Å²) in [5.74, 6) is -2.47. The molecule has 228 valence electrons. The Bertz CT molecular complexity index is 1590. The minimum absolute atomic E-state index is 0.0762. The third kappa shape index (κ3) is 6.98. The highest BCUT2D eigenvalue weighted by Crippen LogP contribution is 2.33. The Hall–Kier alpha value is -4.96. The number of rotatable bonds is 8. The van der Waals surface area contributed by atoms with E-state index in [1.54, 1.807) is 4.90 Å². The Morgan fingerprint density at radius 1 is 1.09 bits per heavy atom. The number of nitrogens with zero attached hydrogens (tertiary/aromatic N) is 3. The van der Waals surface area contributed by atoms with Crippen molar-refractivity contribution in [3.63, 3.8) is 0 Å². The summed E-state index contributed by atoms with van der Waals surface area (Å²) >= 11 is 0. The molecule has 0 spiro atoms. The third-order valence-corrected chi connectivity index (χ3v) is 7.58. The van der Waals surface area contributed by atoms with Crippen LogP contribution in [-0.4, -0.2) is 66.4 Å². The molecular formula is C31H26F4N4O5. The molecule has 2 fully saturated rings. The van der Waals surface area contributed by atoms with E-state index >= 15 is 0 Å². The number of likely N-dealkylation sites (tertiary alicyclic amines) is 1. The van der Waals surface area contributed by atoms with Gasteiger partial charge >= 0.3 is 12.5 Å². The Kier molecular flexibility index (Phi) is 8.82. The van der Waals surface area contributed by atoms with Crippen LogP contribution in [0.1, 0.15) is 29.0 Å². The fourth-order valence-corrected chi connectivity index (χ4v) is 5.40. The molecule has 2 aliphatic heterocycles. The number of imide groups is 1. The van der Waals surface area contributed by atoms with Gasteiger partial charge in [-0.2, -0.15) is 5.26 Å². The minimum Gasteiger partial charge on any atom is -0.439 e. The van der Waals surface area contributed by atoms with Crippen LogP contribution in [0.2, 0.25) is 0 Å². The first kappa shape index (κ1) is 30.5. The number of nitriles is 1. The number of piperidine rings is 1. The van der Waals surface area contributed by atoms with E-state index in [0.29, 0.717) is 12.0 Å². The standard InChI is InChI=1S/C31H26F4N4O5/c32-25-12-19(14-36)6-8-23(25)21-7-9-27(44-31(33,34)35)22(13-21)15-37-26-10-11-38(16-24(26)20-4-2-1-3-5-20)28(40)17-39-29(41)18-43-30(39)42/h1-9,12-13,24,26,37H,10-11,15-18H2/t24-,26-/m0/s1. The Morgan fingerprint density at radius 2 is 1.86 bits per heavy atom. The Balaban J connectivity index is 1.38. The summed E-state index contributed by atoms with van der Waals surface area (Å²) in [6.07, 6.45) is -5.43. The highest BCUT2D eigenvalue weighted by molar-refractivity contribution is 6.01. The van der Waals surface area contributed by atoms with Crippen molar-refractivity contribution in [3.05, 3.63) is 89.2 Å². The molecule has 0 aromatic heterocycles. The summed E-state index contributed by atoms with van der Waals surface area (Å²) in [6, 6.07) is 18.5. The zero-order valence-electron chi connectivity index (χ0n) is 23.1. The average Bonchev–Trinajstić information content (AvgIpc) is 3.32. The molecule has 1 N–H and O–H groups in total. The van der Waals surface area contributed by atoms with E-state index in [1.807, 2.05) is 36.4 Å². The highest BCUT2D eigenvalue weighted by atomic mass is 19.4. The fraction of sp³-hybridized carbons (Fsp3) is 0.290. The number of ether oxygens (including phenoxy) is 2. The van der Waals surface area contributed by atoms with Gasteiger partial charge in [-0.05, 0) is 41.8 Å². The normalized spacial score (nSPS) is 18.6. The molecule has 2 heterocycles. The molecule has 3 aromatic carbocycles. The van der Waals surface area contributed by atoms with Crippen LogP contribution in [0, 0.1) is 17.1 Å². The maximum atomic E-state index is 14.8. The number of carbonyl (C=O) groups excluding carboxylic acids is 3. The van der Waals surface area contributed by atoms with Crippen LogP contribution in [-0.2, 0) is 20.9 Å². The number of cyclic esters (lactones) is 1. The number of alkyl halides is 3. The number of hydrogen-bond donors (Lipinski definition) is 1. The van der Waals surface area contributed by atoms with E-state index in [2.05, 4.69) is 14.8 Å². The molecule has 5 rings (SSSR count). The van der Waals surface area contributed by atoms with Gasteiger partial charge < -0.3 is 19.7 Å². The summed E-state index contributed by atoms with van der Waals surface area (Å²) in [6.45, 7) is -0.454. The topological polar surface area (TPSA) is 112 Å². The zero-order chi connectivity index (χ0) is 31.4. The van der Waals surface area contributed by atoms with Gasteiger partial charge in [-0.3, -0.25) is 9.59 Å². The van der Waals surface area contributed by atoms with Crippen molar-refractivity contribution in [3.8, 4) is 22.9 Å². The average molecular weight is 611 g/mol. The monoisotopic (exact) mass is 610 g/mol. The van der Waals surface area contributed by atoms with E-state index in [1.165, 1.54) is 24.3 Å². The quantitative estimate of drug-likeness (QED) is 0.368. The molecule has 9 nitrogen and oxygen atoms in total. The number of nitrogens with one attached hydrogen (secondary N) is 1. The lowest BCUT2D eigenvalue weighted by Crippen LogP contribution is -2.52. The predicted molar refractivity (Wildman–Crippen MR) is 147 cm³/mol. The van der Waals surface area contributed by atoms with Crippen LogP contribution in [0.5, 0.6) is 5.75 Å². The highest BCUT2D eigenvalue weighted by Gasteiger charge is 2.37. The van der Waals surface area contributed by atoms with Gasteiger partial charge in [-0.25, -0.2) is 14.1 Å². The van der Waals surface area contributed by atoms with E-state index in [4.69, 9.17) is 5.26 Å². The molecular weight excluding hydrogens is 584 g/mol. The lowest BCUT2D eigenvalue weighted by Gasteiger charge is -2.40. The van der Waals surface area contributed by atoms with Crippen LogP contribution in [0.3, 0.4) is 0 Å². The third-order valence-electron chi connectivity index (χ3n) is 7.58. The molecule has 0 unspecified atom stereocenters. The number of halogens is 4. The molecule has 13 heteroatoms. The second-order valence-electron chi connectivity index (χ2n) is 10.3. The Labute approximate surface area is 249 Å². The van der Waals surface area contributed by atoms with Gasteiger partial charge in [0, 0.05) is 42.7 Å². The van der Waals surface area contributed by atoms with Crippen molar-refractivity contribution in [2.24, 2.45) is 0 Å². The van der Waals surface area contributed by atoms with Gasteiger partial charge in [-0.15, -0.1) is 13.2 Å². The number of benzene rings is 3. The summed E-state index contributed by atoms with van der Waals surface area (Å²) in [5, 5.41) is 12.3.